The topological polar surface area (TPSA) is 110 Å². The molecule has 0 aromatic carbocycles. The molecule has 1 atom stereocenters. The summed E-state index contributed by atoms with van der Waals surface area (Å²) in [6.45, 7) is 5.57. The molecular weight excluding hydrogens is 529 g/mol. The number of amides is 1. The minimum Gasteiger partial charge on any atom is -0.444 e. The zero-order chi connectivity index (χ0) is 25.4. The van der Waals surface area contributed by atoms with Gasteiger partial charge in [-0.15, -0.1) is 0 Å². The number of fused-ring (bicyclic) bond motifs is 1. The maximum Gasteiger partial charge on any atom is 0.277 e. The van der Waals surface area contributed by atoms with Gasteiger partial charge >= 0.3 is 0 Å². The van der Waals surface area contributed by atoms with Crippen molar-refractivity contribution in [3.8, 4) is 11.5 Å². The number of pyridine rings is 2. The van der Waals surface area contributed by atoms with Crippen LogP contribution in [0.25, 0.3) is 21.8 Å². The van der Waals surface area contributed by atoms with Crippen molar-refractivity contribution in [1.82, 2.24) is 19.9 Å². The normalized spacial score (nSPS) is 17.9. The summed E-state index contributed by atoms with van der Waals surface area (Å²) in [6.07, 6.45) is 3.28. The fourth-order valence-corrected chi connectivity index (χ4v) is 5.56. The Bertz CT molecular complexity index is 1440. The molecule has 200 valence electrons. The number of rotatable bonds is 5. The Morgan fingerprint density at radius 2 is 2.00 bits per heavy atom. The molecule has 0 aliphatic carbocycles. The highest BCUT2D eigenvalue weighted by atomic mass is 32.1. The summed E-state index contributed by atoms with van der Waals surface area (Å²) in [7, 11) is 0. The van der Waals surface area contributed by atoms with E-state index in [0.29, 0.717) is 55.6 Å². The van der Waals surface area contributed by atoms with Crippen LogP contribution in [0.1, 0.15) is 29.0 Å². The van der Waals surface area contributed by atoms with Gasteiger partial charge in [-0.05, 0) is 38.0 Å². The second-order valence-electron chi connectivity index (χ2n) is 9.14. The maximum absolute atomic E-state index is 14.3. The second-order valence-corrected chi connectivity index (χ2v) is 10.1. The number of morpholine rings is 1. The molecule has 1 N–H and O–H groups in total. The standard InChI is InChI=1S/C25H26FN7O3S.H2S/c1-15-11-16(4-5-27-15)24-29-19(14-36-24)23(34)28-18-12-20-21(30-22(18)33-6-2-3-17(26)13-33)31-25(37-20)32-7-9-35-10-8-32;/h4-5,11-12,14,17H,2-3,6-10,13H2,1H3,(H,28,34);1H2/t17-;/m0./s1. The number of alkyl halides is 1. The molecule has 6 heterocycles. The van der Waals surface area contributed by atoms with Gasteiger partial charge in [0.1, 0.15) is 12.4 Å². The summed E-state index contributed by atoms with van der Waals surface area (Å²) in [4.78, 5) is 35.4. The predicted molar refractivity (Wildman–Crippen MR) is 150 cm³/mol. The van der Waals surface area contributed by atoms with Crippen molar-refractivity contribution in [2.75, 3.05) is 54.5 Å². The molecular formula is C25H28FN7O3S2. The molecule has 0 radical (unpaired) electrons. The average Bonchev–Trinajstić information content (AvgIpc) is 3.56. The van der Waals surface area contributed by atoms with E-state index in [1.54, 1.807) is 12.3 Å². The van der Waals surface area contributed by atoms with Crippen molar-refractivity contribution in [3.63, 3.8) is 0 Å². The van der Waals surface area contributed by atoms with Crippen molar-refractivity contribution in [1.29, 1.82) is 0 Å². The van der Waals surface area contributed by atoms with Crippen LogP contribution in [0.3, 0.4) is 0 Å². The van der Waals surface area contributed by atoms with Crippen LogP contribution in [-0.2, 0) is 4.74 Å². The summed E-state index contributed by atoms with van der Waals surface area (Å²) in [5, 5.41) is 3.80. The molecule has 38 heavy (non-hydrogen) atoms. The van der Waals surface area contributed by atoms with Gasteiger partial charge in [-0.3, -0.25) is 9.78 Å². The number of oxazole rings is 1. The number of aryl methyl sites for hydroxylation is 1. The minimum atomic E-state index is -0.948. The lowest BCUT2D eigenvalue weighted by Crippen LogP contribution is -2.37. The van der Waals surface area contributed by atoms with Gasteiger partial charge in [0, 0.05) is 37.1 Å². The molecule has 0 bridgehead atoms. The highest BCUT2D eigenvalue weighted by Crippen LogP contribution is 2.36. The van der Waals surface area contributed by atoms with Gasteiger partial charge in [-0.2, -0.15) is 18.5 Å². The number of anilines is 3. The Hall–Kier alpha value is -3.29. The Morgan fingerprint density at radius 1 is 1.16 bits per heavy atom. The average molecular weight is 558 g/mol. The van der Waals surface area contributed by atoms with Crippen molar-refractivity contribution < 1.29 is 18.3 Å². The maximum atomic E-state index is 14.3. The summed E-state index contributed by atoms with van der Waals surface area (Å²) in [6, 6.07) is 5.48. The number of carbonyl (C=O) groups excluding carboxylic acids is 1. The number of thiazole rings is 1. The molecule has 1 amide bonds. The molecule has 0 unspecified atom stereocenters. The summed E-state index contributed by atoms with van der Waals surface area (Å²) >= 11 is 1.51. The van der Waals surface area contributed by atoms with Gasteiger partial charge in [0.05, 0.1) is 30.1 Å². The van der Waals surface area contributed by atoms with E-state index in [4.69, 9.17) is 19.1 Å². The third-order valence-corrected chi connectivity index (χ3v) is 7.48. The van der Waals surface area contributed by atoms with Crippen LogP contribution >= 0.6 is 24.8 Å². The fraction of sp³-hybridized carbons (Fsp3) is 0.400. The largest absolute Gasteiger partial charge is 0.444 e. The van der Waals surface area contributed by atoms with E-state index in [2.05, 4.69) is 20.2 Å². The van der Waals surface area contributed by atoms with Crippen molar-refractivity contribution in [2.45, 2.75) is 25.9 Å². The van der Waals surface area contributed by atoms with Crippen LogP contribution in [-0.4, -0.2) is 71.4 Å². The van der Waals surface area contributed by atoms with E-state index in [0.717, 1.165) is 34.2 Å². The van der Waals surface area contributed by atoms with E-state index >= 15 is 0 Å². The molecule has 13 heteroatoms. The molecule has 0 saturated carbocycles. The second kappa shape index (κ2) is 11.2. The van der Waals surface area contributed by atoms with Crippen LogP contribution in [0.4, 0.5) is 21.0 Å². The predicted octanol–water partition coefficient (Wildman–Crippen LogP) is 4.19. The number of piperidine rings is 1. The van der Waals surface area contributed by atoms with Gasteiger partial charge in [0.25, 0.3) is 5.91 Å². The molecule has 4 aromatic rings. The Kier molecular flexibility index (Phi) is 7.77. The first kappa shape index (κ1) is 26.3. The summed E-state index contributed by atoms with van der Waals surface area (Å²) in [5.74, 6) is 0.406. The van der Waals surface area contributed by atoms with E-state index in [1.807, 2.05) is 24.0 Å². The van der Waals surface area contributed by atoms with Gasteiger partial charge in [0.2, 0.25) is 5.89 Å². The van der Waals surface area contributed by atoms with E-state index in [9.17, 15) is 9.18 Å². The number of hydrogen-bond acceptors (Lipinski definition) is 10. The zero-order valence-electron chi connectivity index (χ0n) is 20.8. The minimum absolute atomic E-state index is 0. The lowest BCUT2D eigenvalue weighted by Gasteiger charge is -2.31. The van der Waals surface area contributed by atoms with Crippen molar-refractivity contribution in [3.05, 3.63) is 42.0 Å². The Labute approximate surface area is 229 Å². The monoisotopic (exact) mass is 557 g/mol. The van der Waals surface area contributed by atoms with Gasteiger partial charge < -0.3 is 24.3 Å². The van der Waals surface area contributed by atoms with Gasteiger partial charge in [-0.25, -0.2) is 14.4 Å². The van der Waals surface area contributed by atoms with Gasteiger partial charge in [-0.1, -0.05) is 11.3 Å². The molecule has 6 rings (SSSR count). The van der Waals surface area contributed by atoms with Crippen LogP contribution in [0.2, 0.25) is 0 Å². The number of carbonyl (C=O) groups is 1. The fourth-order valence-electron chi connectivity index (χ4n) is 4.56. The smallest absolute Gasteiger partial charge is 0.277 e. The van der Waals surface area contributed by atoms with Crippen LogP contribution in [0.5, 0.6) is 0 Å². The first-order valence-corrected chi connectivity index (χ1v) is 13.1. The molecule has 0 spiro atoms. The number of nitrogens with one attached hydrogen (secondary N) is 1. The molecule has 2 aliphatic heterocycles. The third-order valence-electron chi connectivity index (χ3n) is 6.42. The van der Waals surface area contributed by atoms with E-state index in [-0.39, 0.29) is 25.7 Å². The zero-order valence-corrected chi connectivity index (χ0v) is 22.6. The molecule has 2 fully saturated rings. The van der Waals surface area contributed by atoms with Gasteiger partial charge in [0.15, 0.2) is 22.3 Å². The number of ether oxygens (including phenoxy) is 1. The summed E-state index contributed by atoms with van der Waals surface area (Å²) in [5.41, 5.74) is 2.76. The number of aromatic nitrogens is 4. The van der Waals surface area contributed by atoms with Crippen LogP contribution < -0.4 is 15.1 Å². The first-order valence-electron chi connectivity index (χ1n) is 12.3. The van der Waals surface area contributed by atoms with Crippen molar-refractivity contribution in [2.24, 2.45) is 0 Å². The SMILES string of the molecule is Cc1cc(-c2nc(C(=O)Nc3cc4sc(N5CCOCC5)nc4nc3N3CCC[C@H](F)C3)co2)ccn1.S. The highest BCUT2D eigenvalue weighted by molar-refractivity contribution is 7.59. The third kappa shape index (κ3) is 5.45. The lowest BCUT2D eigenvalue weighted by molar-refractivity contribution is 0.102. The highest BCUT2D eigenvalue weighted by Gasteiger charge is 2.26. The molecule has 10 nitrogen and oxygen atoms in total. The summed E-state index contributed by atoms with van der Waals surface area (Å²) < 4.78 is 26.2. The van der Waals surface area contributed by atoms with E-state index in [1.165, 1.54) is 17.6 Å². The number of nitrogens with zero attached hydrogens (tertiary/aromatic N) is 6. The lowest BCUT2D eigenvalue weighted by atomic mass is 10.1. The molecule has 2 aliphatic rings. The molecule has 2 saturated heterocycles. The quantitative estimate of drug-likeness (QED) is 0.386. The molecule has 4 aromatic heterocycles. The van der Waals surface area contributed by atoms with Crippen LogP contribution in [0.15, 0.2) is 35.1 Å². The first-order chi connectivity index (χ1) is 18.0. The Morgan fingerprint density at radius 3 is 2.79 bits per heavy atom. The van der Waals surface area contributed by atoms with E-state index < -0.39 is 12.1 Å². The number of hydrogen-bond donors (Lipinski definition) is 1. The van der Waals surface area contributed by atoms with Crippen molar-refractivity contribution >= 4 is 57.7 Å². The Balaban J connectivity index is 0.00000294. The number of halogens is 1. The van der Waals surface area contributed by atoms with Crippen LogP contribution in [0, 0.1) is 6.92 Å².